The first-order valence-electron chi connectivity index (χ1n) is 5.92. The molecule has 0 aromatic heterocycles. The van der Waals surface area contributed by atoms with Crippen molar-refractivity contribution in [2.75, 3.05) is 14.2 Å². The van der Waals surface area contributed by atoms with E-state index < -0.39 is 6.10 Å². The number of halogens is 2. The molecule has 0 spiro atoms. The first-order valence-corrected chi connectivity index (χ1v) is 7.51. The second-order valence-corrected chi connectivity index (χ2v) is 5.87. The summed E-state index contributed by atoms with van der Waals surface area (Å²) >= 11 is 6.84. The minimum Gasteiger partial charge on any atom is -0.495 e. The zero-order valence-electron chi connectivity index (χ0n) is 11.1. The van der Waals surface area contributed by atoms with Crippen molar-refractivity contribution in [1.29, 1.82) is 0 Å². The molecule has 3 nitrogen and oxygen atoms in total. The second kappa shape index (κ2) is 6.61. The molecule has 0 saturated heterocycles. The zero-order valence-corrected chi connectivity index (χ0v) is 14.2. The van der Waals surface area contributed by atoms with Crippen molar-refractivity contribution in [3.8, 4) is 11.5 Å². The number of methoxy groups -OCH3 is 2. The Balaban J connectivity index is 2.49. The molecule has 1 unspecified atom stereocenters. The monoisotopic (exact) mass is 400 g/mol. The van der Waals surface area contributed by atoms with Crippen LogP contribution < -0.4 is 9.47 Å². The van der Waals surface area contributed by atoms with Gasteiger partial charge in [-0.25, -0.2) is 0 Å². The van der Waals surface area contributed by atoms with E-state index in [9.17, 15) is 5.11 Å². The van der Waals surface area contributed by atoms with Gasteiger partial charge < -0.3 is 14.6 Å². The lowest BCUT2D eigenvalue weighted by Crippen LogP contribution is -2.03. The van der Waals surface area contributed by atoms with E-state index in [1.54, 1.807) is 26.4 Å². The normalized spacial score (nSPS) is 12.1. The number of hydrogen-bond donors (Lipinski definition) is 1. The van der Waals surface area contributed by atoms with Crippen LogP contribution in [0.2, 0.25) is 0 Å². The minimum absolute atomic E-state index is 0.567. The van der Waals surface area contributed by atoms with Crippen LogP contribution in [0.3, 0.4) is 0 Å². The average molecular weight is 402 g/mol. The van der Waals surface area contributed by atoms with Crippen LogP contribution in [-0.2, 0) is 0 Å². The smallest absolute Gasteiger partial charge is 0.142 e. The van der Waals surface area contributed by atoms with Crippen molar-refractivity contribution in [2.24, 2.45) is 0 Å². The van der Waals surface area contributed by atoms with E-state index in [4.69, 9.17) is 9.47 Å². The Bertz CT molecular complexity index is 614. The molecule has 0 radical (unpaired) electrons. The SMILES string of the molecule is COc1ccc(C(O)c2cccc(Br)c2)c(OC)c1Br. The Morgan fingerprint density at radius 1 is 1.05 bits per heavy atom. The minimum atomic E-state index is -0.773. The van der Waals surface area contributed by atoms with Crippen LogP contribution in [0.5, 0.6) is 11.5 Å². The lowest BCUT2D eigenvalue weighted by molar-refractivity contribution is 0.214. The summed E-state index contributed by atoms with van der Waals surface area (Å²) in [5.74, 6) is 1.23. The fourth-order valence-electron chi connectivity index (χ4n) is 1.99. The van der Waals surface area contributed by atoms with E-state index in [1.807, 2.05) is 24.3 Å². The summed E-state index contributed by atoms with van der Waals surface area (Å²) in [6, 6.07) is 11.1. The fraction of sp³-hybridized carbons (Fsp3) is 0.200. The maximum absolute atomic E-state index is 10.6. The molecule has 106 valence electrons. The van der Waals surface area contributed by atoms with Crippen molar-refractivity contribution in [1.82, 2.24) is 0 Å². The summed E-state index contributed by atoms with van der Waals surface area (Å²) < 4.78 is 12.2. The molecule has 0 aliphatic rings. The summed E-state index contributed by atoms with van der Waals surface area (Å²) in [5.41, 5.74) is 1.47. The standard InChI is InChI=1S/C15H14Br2O3/c1-19-12-7-6-11(15(20-2)13(12)17)14(18)9-4-3-5-10(16)8-9/h3-8,14,18H,1-2H3. The van der Waals surface area contributed by atoms with Gasteiger partial charge in [0, 0.05) is 10.0 Å². The Morgan fingerprint density at radius 3 is 2.40 bits per heavy atom. The molecule has 1 atom stereocenters. The van der Waals surface area contributed by atoms with Crippen molar-refractivity contribution >= 4 is 31.9 Å². The van der Waals surface area contributed by atoms with Crippen molar-refractivity contribution in [3.63, 3.8) is 0 Å². The third-order valence-corrected chi connectivity index (χ3v) is 4.22. The molecule has 0 saturated carbocycles. The maximum atomic E-state index is 10.6. The Kier molecular flexibility index (Phi) is 5.07. The number of aliphatic hydroxyl groups excluding tert-OH is 1. The molecule has 2 rings (SSSR count). The highest BCUT2D eigenvalue weighted by Crippen LogP contribution is 2.41. The molecule has 0 bridgehead atoms. The van der Waals surface area contributed by atoms with Gasteiger partial charge >= 0.3 is 0 Å². The summed E-state index contributed by atoms with van der Waals surface area (Å²) in [4.78, 5) is 0. The molecule has 0 aliphatic carbocycles. The van der Waals surface area contributed by atoms with Crippen molar-refractivity contribution < 1.29 is 14.6 Å². The predicted molar refractivity (Wildman–Crippen MR) is 85.4 cm³/mol. The van der Waals surface area contributed by atoms with Crippen LogP contribution in [0.4, 0.5) is 0 Å². The van der Waals surface area contributed by atoms with Gasteiger partial charge in [0.15, 0.2) is 0 Å². The Labute approximate surface area is 134 Å². The van der Waals surface area contributed by atoms with E-state index >= 15 is 0 Å². The molecule has 0 amide bonds. The molecule has 0 heterocycles. The van der Waals surface area contributed by atoms with Gasteiger partial charge in [-0.15, -0.1) is 0 Å². The first-order chi connectivity index (χ1) is 9.58. The molecule has 0 fully saturated rings. The average Bonchev–Trinajstić information content (AvgIpc) is 2.46. The topological polar surface area (TPSA) is 38.7 Å². The largest absolute Gasteiger partial charge is 0.495 e. The molecular weight excluding hydrogens is 388 g/mol. The van der Waals surface area contributed by atoms with E-state index in [1.165, 1.54) is 0 Å². The summed E-state index contributed by atoms with van der Waals surface area (Å²) in [6.45, 7) is 0. The van der Waals surface area contributed by atoms with E-state index in [2.05, 4.69) is 31.9 Å². The van der Waals surface area contributed by atoms with E-state index in [0.717, 1.165) is 10.0 Å². The zero-order chi connectivity index (χ0) is 14.7. The van der Waals surface area contributed by atoms with Crippen LogP contribution in [0.25, 0.3) is 0 Å². The van der Waals surface area contributed by atoms with Gasteiger partial charge in [-0.1, -0.05) is 28.1 Å². The van der Waals surface area contributed by atoms with Crippen LogP contribution >= 0.6 is 31.9 Å². The predicted octanol–water partition coefficient (Wildman–Crippen LogP) is 4.31. The summed E-state index contributed by atoms with van der Waals surface area (Å²) in [7, 11) is 3.15. The summed E-state index contributed by atoms with van der Waals surface area (Å²) in [6.07, 6.45) is -0.773. The molecule has 5 heteroatoms. The summed E-state index contributed by atoms with van der Waals surface area (Å²) in [5, 5.41) is 10.6. The number of rotatable bonds is 4. The number of benzene rings is 2. The Morgan fingerprint density at radius 2 is 1.80 bits per heavy atom. The molecule has 20 heavy (non-hydrogen) atoms. The second-order valence-electron chi connectivity index (χ2n) is 4.16. The fourth-order valence-corrected chi connectivity index (χ4v) is 3.09. The quantitative estimate of drug-likeness (QED) is 0.829. The number of aliphatic hydroxyl groups is 1. The van der Waals surface area contributed by atoms with Crippen molar-refractivity contribution in [2.45, 2.75) is 6.10 Å². The molecular formula is C15H14Br2O3. The van der Waals surface area contributed by atoms with Crippen LogP contribution in [0.1, 0.15) is 17.2 Å². The molecule has 1 N–H and O–H groups in total. The third kappa shape index (κ3) is 3.00. The van der Waals surface area contributed by atoms with Crippen LogP contribution in [-0.4, -0.2) is 19.3 Å². The highest BCUT2D eigenvalue weighted by Gasteiger charge is 2.20. The lowest BCUT2D eigenvalue weighted by atomic mass is 10.0. The van der Waals surface area contributed by atoms with Gasteiger partial charge in [-0.3, -0.25) is 0 Å². The maximum Gasteiger partial charge on any atom is 0.142 e. The van der Waals surface area contributed by atoms with Crippen LogP contribution in [0.15, 0.2) is 45.3 Å². The van der Waals surface area contributed by atoms with Crippen molar-refractivity contribution in [3.05, 3.63) is 56.5 Å². The first kappa shape index (κ1) is 15.4. The number of ether oxygens (including phenoxy) is 2. The van der Waals surface area contributed by atoms with Gasteiger partial charge in [0.2, 0.25) is 0 Å². The van der Waals surface area contributed by atoms with Gasteiger partial charge in [-0.05, 0) is 45.8 Å². The highest BCUT2D eigenvalue weighted by atomic mass is 79.9. The third-order valence-electron chi connectivity index (χ3n) is 2.98. The number of hydrogen-bond acceptors (Lipinski definition) is 3. The van der Waals surface area contributed by atoms with E-state index in [0.29, 0.717) is 21.5 Å². The molecule has 2 aromatic rings. The van der Waals surface area contributed by atoms with Gasteiger partial charge in [0.25, 0.3) is 0 Å². The van der Waals surface area contributed by atoms with Gasteiger partial charge in [-0.2, -0.15) is 0 Å². The van der Waals surface area contributed by atoms with Gasteiger partial charge in [0.1, 0.15) is 22.1 Å². The lowest BCUT2D eigenvalue weighted by Gasteiger charge is -2.18. The van der Waals surface area contributed by atoms with Crippen LogP contribution in [0, 0.1) is 0 Å². The molecule has 2 aromatic carbocycles. The van der Waals surface area contributed by atoms with E-state index in [-0.39, 0.29) is 0 Å². The molecule has 0 aliphatic heterocycles. The van der Waals surface area contributed by atoms with Gasteiger partial charge in [0.05, 0.1) is 14.2 Å². The highest BCUT2D eigenvalue weighted by molar-refractivity contribution is 9.11. The Hall–Kier alpha value is -1.04.